The minimum absolute atomic E-state index is 0. The summed E-state index contributed by atoms with van der Waals surface area (Å²) in [5.41, 5.74) is 10.4. The van der Waals surface area contributed by atoms with Gasteiger partial charge in [-0.3, -0.25) is 5.32 Å². The van der Waals surface area contributed by atoms with E-state index in [1.165, 1.54) is 0 Å². The van der Waals surface area contributed by atoms with Crippen LogP contribution in [0.2, 0.25) is 0 Å². The molecular formula is C57H60BrN5O10Zn. The summed E-state index contributed by atoms with van der Waals surface area (Å²) in [7, 11) is 3.29. The quantitative estimate of drug-likeness (QED) is 0.0448. The van der Waals surface area contributed by atoms with Crippen molar-refractivity contribution in [2.45, 2.75) is 26.4 Å². The third-order valence-electron chi connectivity index (χ3n) is 11.2. The maximum absolute atomic E-state index is 12.8. The van der Waals surface area contributed by atoms with Gasteiger partial charge in [-0.25, -0.2) is 14.8 Å². The van der Waals surface area contributed by atoms with Crippen LogP contribution in [0.3, 0.4) is 0 Å². The Labute approximate surface area is 452 Å². The number of carbonyl (C=O) groups is 1. The van der Waals surface area contributed by atoms with E-state index in [1.807, 2.05) is 142 Å². The van der Waals surface area contributed by atoms with Gasteiger partial charge in [0.15, 0.2) is 0 Å². The fraction of sp³-hybridized carbons (Fsp3) is 0.316. The first-order valence-corrected chi connectivity index (χ1v) is 24.9. The third kappa shape index (κ3) is 15.3. The SMILES string of the molecule is COCCOCCOCCOc1cccc(-c2c3nc(c(-c4ccc(NC(=O)OC(C)(C)C)cc4)c4ccc([n-]4)c(-c4cccc(OCCOCCOCCOC)c4)c4nc(c(Br)c5ccc2[n-]5)C=C4)C=C3)c1.[Zn+2]. The first kappa shape index (κ1) is 55.7. The van der Waals surface area contributed by atoms with Gasteiger partial charge >= 0.3 is 25.6 Å². The molecule has 3 aromatic heterocycles. The molecule has 3 aromatic carbocycles. The Kier molecular flexibility index (Phi) is 20.7. The van der Waals surface area contributed by atoms with Gasteiger partial charge in [-0.05, 0) is 131 Å². The molecule has 2 aliphatic rings. The molecule has 0 atom stereocenters. The largest absolute Gasteiger partial charge is 2.00 e. The fourth-order valence-electron chi connectivity index (χ4n) is 7.93. The zero-order valence-electron chi connectivity index (χ0n) is 42.5. The van der Waals surface area contributed by atoms with Crippen LogP contribution >= 0.6 is 15.9 Å². The van der Waals surface area contributed by atoms with E-state index < -0.39 is 11.7 Å². The number of methoxy groups -OCH3 is 2. The number of fused-ring (bicyclic) bond motifs is 8. The first-order valence-electron chi connectivity index (χ1n) is 24.1. The van der Waals surface area contributed by atoms with Gasteiger partial charge in [0.2, 0.25) is 0 Å². The van der Waals surface area contributed by atoms with E-state index in [2.05, 4.69) is 21.2 Å². The van der Waals surface area contributed by atoms with E-state index in [0.29, 0.717) is 141 Å². The molecule has 0 spiro atoms. The van der Waals surface area contributed by atoms with Gasteiger partial charge in [-0.2, -0.15) is 0 Å². The average Bonchev–Trinajstić information content (AvgIpc) is 4.24. The molecule has 0 radical (unpaired) electrons. The molecule has 6 aromatic rings. The zero-order chi connectivity index (χ0) is 51.0. The minimum atomic E-state index is -0.655. The van der Waals surface area contributed by atoms with Gasteiger partial charge < -0.3 is 52.6 Å². The Morgan fingerprint density at radius 3 is 1.39 bits per heavy atom. The molecule has 0 unspecified atom stereocenters. The molecule has 0 saturated carbocycles. The number of amides is 1. The van der Waals surface area contributed by atoms with Crippen molar-refractivity contribution >= 4 is 74.1 Å². The van der Waals surface area contributed by atoms with Crippen molar-refractivity contribution in [1.82, 2.24) is 19.9 Å². The number of nitrogens with one attached hydrogen (secondary N) is 1. The summed E-state index contributed by atoms with van der Waals surface area (Å²) in [5.74, 6) is 1.35. The van der Waals surface area contributed by atoms with E-state index in [0.717, 1.165) is 37.9 Å². The predicted octanol–water partition coefficient (Wildman–Crippen LogP) is 11.1. The Hall–Kier alpha value is -6.01. The Bertz CT molecular complexity index is 2990. The number of ether oxygens (including phenoxy) is 9. The number of carbonyl (C=O) groups excluding carboxylic acids is 1. The number of benzene rings is 3. The van der Waals surface area contributed by atoms with Crippen LogP contribution in [0, 0.1) is 0 Å². The van der Waals surface area contributed by atoms with Crippen LogP contribution in [0.25, 0.3) is 79.8 Å². The summed E-state index contributed by atoms with van der Waals surface area (Å²) in [6.07, 6.45) is 7.43. The van der Waals surface area contributed by atoms with Crippen LogP contribution in [0.1, 0.15) is 43.5 Å². The van der Waals surface area contributed by atoms with Gasteiger partial charge in [0.1, 0.15) is 30.3 Å². The number of hydrogen-bond acceptors (Lipinski definition) is 12. The van der Waals surface area contributed by atoms with E-state index in [9.17, 15) is 4.79 Å². The Balaban J connectivity index is 0.00000800. The second kappa shape index (κ2) is 27.5. The van der Waals surface area contributed by atoms with Gasteiger partial charge in [0.25, 0.3) is 0 Å². The molecule has 2 aliphatic heterocycles. The molecule has 17 heteroatoms. The van der Waals surface area contributed by atoms with Gasteiger partial charge in [0.05, 0.1) is 88.8 Å². The fourth-order valence-corrected chi connectivity index (χ4v) is 8.37. The van der Waals surface area contributed by atoms with Crippen LogP contribution in [0.15, 0.2) is 102 Å². The van der Waals surface area contributed by atoms with E-state index in [-0.39, 0.29) is 19.5 Å². The molecule has 1 amide bonds. The summed E-state index contributed by atoms with van der Waals surface area (Å²) < 4.78 is 51.2. The topological polar surface area (TPSA) is 166 Å². The molecule has 8 bridgehead atoms. The van der Waals surface area contributed by atoms with Crippen molar-refractivity contribution in [3.05, 3.63) is 124 Å². The summed E-state index contributed by atoms with van der Waals surface area (Å²) in [6, 6.07) is 31.4. The molecular weight excluding hydrogens is 1060 g/mol. The van der Waals surface area contributed by atoms with E-state index >= 15 is 0 Å². The molecule has 15 nitrogen and oxygen atoms in total. The molecule has 382 valence electrons. The van der Waals surface area contributed by atoms with Crippen LogP contribution in [0.5, 0.6) is 11.5 Å². The monoisotopic (exact) mass is 1120 g/mol. The molecule has 0 saturated heterocycles. The van der Waals surface area contributed by atoms with E-state index in [1.54, 1.807) is 14.2 Å². The maximum Gasteiger partial charge on any atom is 2.00 e. The summed E-state index contributed by atoms with van der Waals surface area (Å²) in [6.45, 7) is 11.0. The molecule has 5 heterocycles. The number of anilines is 1. The molecule has 0 fully saturated rings. The third-order valence-corrected chi connectivity index (χ3v) is 12.0. The molecule has 74 heavy (non-hydrogen) atoms. The Morgan fingerprint density at radius 1 is 0.514 bits per heavy atom. The zero-order valence-corrected chi connectivity index (χ0v) is 47.0. The van der Waals surface area contributed by atoms with Crippen molar-refractivity contribution in [3.8, 4) is 44.9 Å². The summed E-state index contributed by atoms with van der Waals surface area (Å²) in [4.78, 5) is 33.9. The number of halogens is 1. The van der Waals surface area contributed by atoms with Gasteiger partial charge in [-0.15, -0.1) is 22.1 Å². The van der Waals surface area contributed by atoms with Crippen LogP contribution < -0.4 is 24.8 Å². The van der Waals surface area contributed by atoms with Crippen molar-refractivity contribution < 1.29 is 66.9 Å². The number of aromatic nitrogens is 4. The molecule has 1 N–H and O–H groups in total. The smallest absolute Gasteiger partial charge is 0.657 e. The van der Waals surface area contributed by atoms with Crippen molar-refractivity contribution in [2.24, 2.45) is 0 Å². The van der Waals surface area contributed by atoms with Crippen molar-refractivity contribution in [2.75, 3.05) is 98.8 Å². The number of hydrogen-bond donors (Lipinski definition) is 1. The van der Waals surface area contributed by atoms with E-state index in [4.69, 9.17) is 62.6 Å². The standard InChI is InChI=1S/C57H61BrN5O10.Zn/c1-57(2,3)73-56(64)59-41-14-12-38(13-15-41)52-44-16-18-46(60-44)53(39-8-6-10-42(36-39)71-34-32-69-30-28-67-26-24-65-4)48-20-22-50(62-48)55(58)51-23-21-49(63-51)54(47-19-17-45(52)61-47)40-9-7-11-43(37-40)72-35-33-70-31-29-68-27-25-66-5;/h6-23,36-37H,24-35H2,1-5H3,(H2-,59,60,61,62,63,64);/q-1;+2/p-1. The normalized spacial score (nSPS) is 11.9. The summed E-state index contributed by atoms with van der Waals surface area (Å²) >= 11 is 3.88. The number of rotatable bonds is 24. The number of nitrogens with zero attached hydrogens (tertiary/aromatic N) is 4. The predicted molar refractivity (Wildman–Crippen MR) is 289 cm³/mol. The minimum Gasteiger partial charge on any atom is -0.657 e. The van der Waals surface area contributed by atoms with Gasteiger partial charge in [0, 0.05) is 24.4 Å². The second-order valence-electron chi connectivity index (χ2n) is 17.7. The van der Waals surface area contributed by atoms with Gasteiger partial charge in [-0.1, -0.05) is 60.7 Å². The molecule has 8 rings (SSSR count). The van der Waals surface area contributed by atoms with Crippen LogP contribution in [-0.4, -0.2) is 115 Å². The van der Waals surface area contributed by atoms with Crippen LogP contribution in [-0.2, 0) is 52.6 Å². The summed E-state index contributed by atoms with van der Waals surface area (Å²) in [5, 5.41) is 2.85. The first-order chi connectivity index (χ1) is 35.6. The molecule has 0 aliphatic carbocycles. The second-order valence-corrected chi connectivity index (χ2v) is 18.5. The van der Waals surface area contributed by atoms with Crippen molar-refractivity contribution in [3.63, 3.8) is 0 Å². The Morgan fingerprint density at radius 2 is 0.919 bits per heavy atom. The maximum atomic E-state index is 12.8. The average molecular weight is 1120 g/mol. The van der Waals surface area contributed by atoms with Crippen LogP contribution in [0.4, 0.5) is 10.5 Å². The van der Waals surface area contributed by atoms with Crippen molar-refractivity contribution in [1.29, 1.82) is 0 Å².